The summed E-state index contributed by atoms with van der Waals surface area (Å²) in [4.78, 5) is 11.3. The van der Waals surface area contributed by atoms with Crippen molar-refractivity contribution < 1.29 is 9.53 Å². The van der Waals surface area contributed by atoms with E-state index in [1.165, 1.54) is 0 Å². The first-order valence-corrected chi connectivity index (χ1v) is 5.84. The molecule has 5 heteroatoms. The first kappa shape index (κ1) is 12.3. The number of anilines is 1. The van der Waals surface area contributed by atoms with Crippen LogP contribution in [0.5, 0.6) is 0 Å². The molecule has 0 aliphatic rings. The van der Waals surface area contributed by atoms with E-state index in [9.17, 15) is 4.79 Å². The highest BCUT2D eigenvalue weighted by Gasteiger charge is 2.07. The lowest BCUT2D eigenvalue weighted by Gasteiger charge is -2.08. The molecule has 1 aromatic heterocycles. The molecule has 0 atom stereocenters. The van der Waals surface area contributed by atoms with Gasteiger partial charge in [0.25, 0.3) is 0 Å². The van der Waals surface area contributed by atoms with Crippen LogP contribution in [0.15, 0.2) is 24.3 Å². The van der Waals surface area contributed by atoms with Crippen molar-refractivity contribution in [3.63, 3.8) is 0 Å². The van der Waals surface area contributed by atoms with E-state index in [-0.39, 0.29) is 12.5 Å². The summed E-state index contributed by atoms with van der Waals surface area (Å²) in [7, 11) is 0. The Kier molecular flexibility index (Phi) is 3.72. The number of aryl methyl sites for hydroxylation is 1. The number of ether oxygens (including phenoxy) is 1. The molecule has 0 radical (unpaired) electrons. The molecule has 18 heavy (non-hydrogen) atoms. The zero-order chi connectivity index (χ0) is 13.0. The smallest absolute Gasteiger partial charge is 0.325 e. The fourth-order valence-electron chi connectivity index (χ4n) is 1.74. The van der Waals surface area contributed by atoms with Gasteiger partial charge in [-0.25, -0.2) is 0 Å². The largest absolute Gasteiger partial charge is 0.465 e. The fourth-order valence-corrected chi connectivity index (χ4v) is 1.74. The monoisotopic (exact) mass is 245 g/mol. The summed E-state index contributed by atoms with van der Waals surface area (Å²) < 4.78 is 4.85. The minimum atomic E-state index is -0.302. The van der Waals surface area contributed by atoms with Gasteiger partial charge in [0, 0.05) is 10.8 Å². The second-order valence-corrected chi connectivity index (χ2v) is 3.84. The van der Waals surface area contributed by atoms with E-state index >= 15 is 0 Å². The normalized spacial score (nSPS) is 10.3. The average Bonchev–Trinajstić information content (AvgIpc) is 2.39. The molecule has 0 saturated carbocycles. The number of nitrogens with one attached hydrogen (secondary N) is 1. The highest BCUT2D eigenvalue weighted by atomic mass is 16.5. The van der Waals surface area contributed by atoms with E-state index in [4.69, 9.17) is 4.74 Å². The molecule has 1 heterocycles. The van der Waals surface area contributed by atoms with Crippen LogP contribution in [0.1, 0.15) is 12.6 Å². The number of nitrogens with zero attached hydrogens (tertiary/aromatic N) is 2. The van der Waals surface area contributed by atoms with Crippen LogP contribution in [-0.2, 0) is 9.53 Å². The summed E-state index contributed by atoms with van der Waals surface area (Å²) in [6, 6.07) is 7.81. The van der Waals surface area contributed by atoms with E-state index in [0.717, 1.165) is 16.5 Å². The minimum absolute atomic E-state index is 0.0928. The van der Waals surface area contributed by atoms with Gasteiger partial charge in [-0.2, -0.15) is 5.10 Å². The van der Waals surface area contributed by atoms with E-state index in [1.54, 1.807) is 6.92 Å². The predicted molar refractivity (Wildman–Crippen MR) is 69.4 cm³/mol. The van der Waals surface area contributed by atoms with Crippen LogP contribution >= 0.6 is 0 Å². The topological polar surface area (TPSA) is 64.1 Å². The maximum atomic E-state index is 11.3. The van der Waals surface area contributed by atoms with Gasteiger partial charge in [0.1, 0.15) is 6.54 Å². The molecule has 5 nitrogen and oxygen atoms in total. The van der Waals surface area contributed by atoms with Crippen molar-refractivity contribution in [2.24, 2.45) is 0 Å². The van der Waals surface area contributed by atoms with Gasteiger partial charge in [-0.05, 0) is 13.8 Å². The maximum Gasteiger partial charge on any atom is 0.325 e. The standard InChI is InChI=1S/C13H15N3O2/c1-3-18-12(17)8-14-13-11-7-5-4-6-10(11)9(2)15-16-13/h4-7H,3,8H2,1-2H3,(H,14,16). The van der Waals surface area contributed by atoms with Crippen LogP contribution in [0.25, 0.3) is 10.8 Å². The number of hydrogen-bond acceptors (Lipinski definition) is 5. The third-order valence-corrected chi connectivity index (χ3v) is 2.58. The van der Waals surface area contributed by atoms with Crippen molar-refractivity contribution in [2.75, 3.05) is 18.5 Å². The number of carbonyl (C=O) groups is 1. The van der Waals surface area contributed by atoms with Gasteiger partial charge in [0.15, 0.2) is 5.82 Å². The van der Waals surface area contributed by atoms with Crippen molar-refractivity contribution in [1.82, 2.24) is 10.2 Å². The molecular formula is C13H15N3O2. The van der Waals surface area contributed by atoms with Gasteiger partial charge < -0.3 is 10.1 Å². The fraction of sp³-hybridized carbons (Fsp3) is 0.308. The number of rotatable bonds is 4. The van der Waals surface area contributed by atoms with Gasteiger partial charge >= 0.3 is 5.97 Å². The van der Waals surface area contributed by atoms with Crippen molar-refractivity contribution in [3.8, 4) is 0 Å². The quantitative estimate of drug-likeness (QED) is 0.834. The Morgan fingerprint density at radius 2 is 2.00 bits per heavy atom. The first-order valence-electron chi connectivity index (χ1n) is 5.84. The lowest BCUT2D eigenvalue weighted by atomic mass is 10.1. The molecule has 94 valence electrons. The number of fused-ring (bicyclic) bond motifs is 1. The third-order valence-electron chi connectivity index (χ3n) is 2.58. The lowest BCUT2D eigenvalue weighted by Crippen LogP contribution is -2.17. The molecule has 0 aliphatic carbocycles. The van der Waals surface area contributed by atoms with Crippen LogP contribution < -0.4 is 5.32 Å². The van der Waals surface area contributed by atoms with Crippen molar-refractivity contribution in [2.45, 2.75) is 13.8 Å². The molecule has 1 N–H and O–H groups in total. The number of hydrogen-bond donors (Lipinski definition) is 1. The Morgan fingerprint density at radius 1 is 1.28 bits per heavy atom. The Hall–Kier alpha value is -2.17. The van der Waals surface area contributed by atoms with E-state index in [2.05, 4.69) is 15.5 Å². The molecule has 2 aromatic rings. The zero-order valence-corrected chi connectivity index (χ0v) is 10.4. The maximum absolute atomic E-state index is 11.3. The molecule has 0 unspecified atom stereocenters. The van der Waals surface area contributed by atoms with Gasteiger partial charge in [0.05, 0.1) is 12.3 Å². The SMILES string of the molecule is CCOC(=O)CNc1nnc(C)c2ccccc12. The third kappa shape index (κ3) is 2.56. The zero-order valence-electron chi connectivity index (χ0n) is 10.4. The van der Waals surface area contributed by atoms with E-state index in [0.29, 0.717) is 12.4 Å². The Labute approximate surface area is 105 Å². The Balaban J connectivity index is 2.24. The van der Waals surface area contributed by atoms with Gasteiger partial charge in [-0.3, -0.25) is 4.79 Å². The summed E-state index contributed by atoms with van der Waals surface area (Å²) in [5, 5.41) is 13.1. The summed E-state index contributed by atoms with van der Waals surface area (Å²) >= 11 is 0. The average molecular weight is 245 g/mol. The van der Waals surface area contributed by atoms with Crippen LogP contribution in [0.4, 0.5) is 5.82 Å². The van der Waals surface area contributed by atoms with Crippen LogP contribution in [0.3, 0.4) is 0 Å². The van der Waals surface area contributed by atoms with Crippen molar-refractivity contribution in [3.05, 3.63) is 30.0 Å². The number of aromatic nitrogens is 2. The van der Waals surface area contributed by atoms with Crippen molar-refractivity contribution >= 4 is 22.6 Å². The molecule has 1 aromatic carbocycles. The molecule has 2 rings (SSSR count). The van der Waals surface area contributed by atoms with Crippen LogP contribution in [0, 0.1) is 6.92 Å². The highest BCUT2D eigenvalue weighted by molar-refractivity contribution is 5.93. The minimum Gasteiger partial charge on any atom is -0.465 e. The van der Waals surface area contributed by atoms with Crippen LogP contribution in [-0.4, -0.2) is 29.3 Å². The summed E-state index contributed by atoms with van der Waals surface area (Å²) in [5.74, 6) is 0.299. The second kappa shape index (κ2) is 5.44. The van der Waals surface area contributed by atoms with Crippen molar-refractivity contribution in [1.29, 1.82) is 0 Å². The van der Waals surface area contributed by atoms with Crippen LogP contribution in [0.2, 0.25) is 0 Å². The predicted octanol–water partition coefficient (Wildman–Crippen LogP) is 1.91. The van der Waals surface area contributed by atoms with Gasteiger partial charge in [-0.1, -0.05) is 24.3 Å². The number of esters is 1. The first-order chi connectivity index (χ1) is 8.72. The van der Waals surface area contributed by atoms with Gasteiger partial charge in [0.2, 0.25) is 0 Å². The number of carbonyl (C=O) groups excluding carboxylic acids is 1. The summed E-state index contributed by atoms with van der Waals surface area (Å²) in [5.41, 5.74) is 0.868. The molecule has 0 amide bonds. The number of benzene rings is 1. The molecule has 0 saturated heterocycles. The summed E-state index contributed by atoms with van der Waals surface area (Å²) in [6.07, 6.45) is 0. The summed E-state index contributed by atoms with van der Waals surface area (Å²) in [6.45, 7) is 4.15. The molecule has 0 aliphatic heterocycles. The lowest BCUT2D eigenvalue weighted by molar-refractivity contribution is -0.140. The molecule has 0 fully saturated rings. The highest BCUT2D eigenvalue weighted by Crippen LogP contribution is 2.21. The van der Waals surface area contributed by atoms with E-state index < -0.39 is 0 Å². The molecule has 0 spiro atoms. The van der Waals surface area contributed by atoms with E-state index in [1.807, 2.05) is 31.2 Å². The molecule has 0 bridgehead atoms. The molecular weight excluding hydrogens is 230 g/mol. The van der Waals surface area contributed by atoms with Gasteiger partial charge in [-0.15, -0.1) is 5.10 Å². The Bertz CT molecular complexity index is 569. The Morgan fingerprint density at radius 3 is 2.72 bits per heavy atom. The second-order valence-electron chi connectivity index (χ2n) is 3.84.